The Morgan fingerprint density at radius 3 is 2.75 bits per heavy atom. The van der Waals surface area contributed by atoms with E-state index in [0.717, 1.165) is 32.7 Å². The molecule has 2 heterocycles. The van der Waals surface area contributed by atoms with Gasteiger partial charge in [0.2, 0.25) is 5.89 Å². The Morgan fingerprint density at radius 1 is 1.40 bits per heavy atom. The summed E-state index contributed by atoms with van der Waals surface area (Å²) in [4.78, 5) is 4.40. The van der Waals surface area contributed by atoms with Gasteiger partial charge < -0.3 is 19.3 Å². The number of aryl methyl sites for hydroxylation is 1. The van der Waals surface area contributed by atoms with Crippen LogP contribution in [0, 0.1) is 12.8 Å². The first-order valence-electron chi connectivity index (χ1n) is 7.42. The van der Waals surface area contributed by atoms with Gasteiger partial charge in [-0.25, -0.2) is 0 Å². The molecule has 2 rings (SSSR count). The van der Waals surface area contributed by atoms with Crippen LogP contribution in [0.25, 0.3) is 0 Å². The highest BCUT2D eigenvalue weighted by Crippen LogP contribution is 2.29. The molecule has 0 amide bonds. The van der Waals surface area contributed by atoms with Crippen molar-refractivity contribution in [3.05, 3.63) is 11.7 Å². The molecule has 1 N–H and O–H groups in total. The van der Waals surface area contributed by atoms with Crippen molar-refractivity contribution in [1.82, 2.24) is 15.5 Å². The van der Waals surface area contributed by atoms with Crippen LogP contribution in [0.15, 0.2) is 4.52 Å². The predicted octanol–water partition coefficient (Wildman–Crippen LogP) is 1.86. The molecule has 1 aromatic rings. The topological polar surface area (TPSA) is 69.4 Å². The molecule has 1 aliphatic heterocycles. The van der Waals surface area contributed by atoms with E-state index in [0.29, 0.717) is 24.2 Å². The van der Waals surface area contributed by atoms with E-state index >= 15 is 0 Å². The second kappa shape index (κ2) is 7.71. The average molecular weight is 283 g/mol. The molecule has 0 saturated carbocycles. The highest BCUT2D eigenvalue weighted by atomic mass is 16.5. The smallest absolute Gasteiger partial charge is 0.244 e. The van der Waals surface area contributed by atoms with Crippen LogP contribution in [0.2, 0.25) is 0 Å². The van der Waals surface area contributed by atoms with Crippen molar-refractivity contribution in [2.24, 2.45) is 5.92 Å². The van der Waals surface area contributed by atoms with Crippen molar-refractivity contribution in [1.29, 1.82) is 0 Å². The summed E-state index contributed by atoms with van der Waals surface area (Å²) in [6.45, 7) is 8.98. The molecule has 0 spiro atoms. The van der Waals surface area contributed by atoms with Crippen LogP contribution in [0.4, 0.5) is 0 Å². The molecule has 0 aromatic carbocycles. The van der Waals surface area contributed by atoms with Crippen molar-refractivity contribution >= 4 is 0 Å². The molecule has 0 bridgehead atoms. The quantitative estimate of drug-likeness (QED) is 0.823. The van der Waals surface area contributed by atoms with Crippen molar-refractivity contribution in [2.75, 3.05) is 26.4 Å². The zero-order valence-corrected chi connectivity index (χ0v) is 12.6. The maximum atomic E-state index is 5.47. The number of nitrogens with zero attached hydrogens (tertiary/aromatic N) is 2. The van der Waals surface area contributed by atoms with E-state index in [2.05, 4.69) is 22.4 Å². The minimum atomic E-state index is 0.0792. The van der Waals surface area contributed by atoms with Crippen LogP contribution < -0.4 is 5.32 Å². The molecule has 0 radical (unpaired) electrons. The first-order chi connectivity index (χ1) is 9.70. The number of hydrogen-bond donors (Lipinski definition) is 1. The Bertz CT molecular complexity index is 391. The third kappa shape index (κ3) is 4.26. The van der Waals surface area contributed by atoms with Crippen molar-refractivity contribution in [3.63, 3.8) is 0 Å². The monoisotopic (exact) mass is 283 g/mol. The van der Waals surface area contributed by atoms with Crippen LogP contribution >= 0.6 is 0 Å². The molecule has 20 heavy (non-hydrogen) atoms. The van der Waals surface area contributed by atoms with Gasteiger partial charge in [0.25, 0.3) is 0 Å². The maximum absolute atomic E-state index is 5.47. The van der Waals surface area contributed by atoms with Gasteiger partial charge in [-0.05, 0) is 39.5 Å². The lowest BCUT2D eigenvalue weighted by atomic mass is 9.91. The second-order valence-corrected chi connectivity index (χ2v) is 5.33. The van der Waals surface area contributed by atoms with Gasteiger partial charge in [0.1, 0.15) is 0 Å². The Labute approximate surface area is 120 Å². The Kier molecular flexibility index (Phi) is 5.94. The highest BCUT2D eigenvalue weighted by molar-refractivity contribution is 4.96. The minimum Gasteiger partial charge on any atom is -0.381 e. The number of aromatic nitrogens is 2. The van der Waals surface area contributed by atoms with Gasteiger partial charge in [-0.1, -0.05) is 5.16 Å². The zero-order valence-electron chi connectivity index (χ0n) is 12.6. The number of rotatable bonds is 7. The Hall–Kier alpha value is -0.980. The molecule has 0 unspecified atom stereocenters. The van der Waals surface area contributed by atoms with Gasteiger partial charge in [0.15, 0.2) is 5.82 Å². The molecular formula is C14H25N3O3. The van der Waals surface area contributed by atoms with Gasteiger partial charge in [0, 0.05) is 25.9 Å². The summed E-state index contributed by atoms with van der Waals surface area (Å²) in [7, 11) is 0. The first-order valence-corrected chi connectivity index (χ1v) is 7.42. The number of hydrogen-bond acceptors (Lipinski definition) is 6. The molecule has 114 valence electrons. The Balaban J connectivity index is 2.03. The molecule has 2 atom stereocenters. The van der Waals surface area contributed by atoms with Crippen LogP contribution in [-0.2, 0) is 9.47 Å². The molecule has 1 saturated heterocycles. The zero-order chi connectivity index (χ0) is 14.4. The van der Waals surface area contributed by atoms with Gasteiger partial charge in [-0.2, -0.15) is 4.98 Å². The van der Waals surface area contributed by atoms with Crippen LogP contribution in [0.3, 0.4) is 0 Å². The Morgan fingerprint density at radius 2 is 2.15 bits per heavy atom. The van der Waals surface area contributed by atoms with E-state index in [4.69, 9.17) is 14.0 Å². The molecular weight excluding hydrogens is 258 g/mol. The fourth-order valence-corrected chi connectivity index (χ4v) is 2.55. The lowest BCUT2D eigenvalue weighted by Gasteiger charge is -2.30. The van der Waals surface area contributed by atoms with Crippen LogP contribution in [0.5, 0.6) is 0 Å². The minimum absolute atomic E-state index is 0.0792. The summed E-state index contributed by atoms with van der Waals surface area (Å²) in [5.41, 5.74) is 0. The average Bonchev–Trinajstić information content (AvgIpc) is 2.90. The third-order valence-electron chi connectivity index (χ3n) is 3.58. The normalized spacial score (nSPS) is 19.9. The maximum Gasteiger partial charge on any atom is 0.244 e. The van der Waals surface area contributed by atoms with Gasteiger partial charge in [0.05, 0.1) is 12.6 Å². The standard InChI is InChI=1S/C14H25N3O3/c1-4-18-9-10(2)15-13(12-5-7-19-8-6-12)14-16-11(3)17-20-14/h10,12-13,15H,4-9H2,1-3H3/t10-,13-/m1/s1. The van der Waals surface area contributed by atoms with E-state index in [1.807, 2.05) is 13.8 Å². The van der Waals surface area contributed by atoms with Crippen LogP contribution in [0.1, 0.15) is 44.4 Å². The first kappa shape index (κ1) is 15.4. The van der Waals surface area contributed by atoms with Gasteiger partial charge in [-0.3, -0.25) is 0 Å². The fourth-order valence-electron chi connectivity index (χ4n) is 2.55. The summed E-state index contributed by atoms with van der Waals surface area (Å²) in [6.07, 6.45) is 2.03. The SMILES string of the molecule is CCOC[C@@H](C)N[C@@H](c1nc(C)no1)C1CCOCC1. The van der Waals surface area contributed by atoms with Crippen LogP contribution in [-0.4, -0.2) is 42.6 Å². The molecule has 1 aromatic heterocycles. The van der Waals surface area contributed by atoms with Gasteiger partial charge in [-0.15, -0.1) is 0 Å². The summed E-state index contributed by atoms with van der Waals surface area (Å²) in [6, 6.07) is 0.325. The molecule has 0 aliphatic carbocycles. The van der Waals surface area contributed by atoms with E-state index in [1.165, 1.54) is 0 Å². The lowest BCUT2D eigenvalue weighted by Crippen LogP contribution is -2.39. The molecule has 6 nitrogen and oxygen atoms in total. The third-order valence-corrected chi connectivity index (χ3v) is 3.58. The number of ether oxygens (including phenoxy) is 2. The largest absolute Gasteiger partial charge is 0.381 e. The van der Waals surface area contributed by atoms with E-state index in [9.17, 15) is 0 Å². The van der Waals surface area contributed by atoms with Crippen molar-refractivity contribution in [2.45, 2.75) is 45.7 Å². The summed E-state index contributed by atoms with van der Waals surface area (Å²) >= 11 is 0. The fraction of sp³-hybridized carbons (Fsp3) is 0.857. The molecule has 6 heteroatoms. The molecule has 1 fully saturated rings. The van der Waals surface area contributed by atoms with E-state index in [-0.39, 0.29) is 12.1 Å². The lowest BCUT2D eigenvalue weighted by molar-refractivity contribution is 0.0428. The summed E-state index contributed by atoms with van der Waals surface area (Å²) in [5, 5.41) is 7.49. The van der Waals surface area contributed by atoms with E-state index in [1.54, 1.807) is 0 Å². The van der Waals surface area contributed by atoms with Gasteiger partial charge >= 0.3 is 0 Å². The summed E-state index contributed by atoms with van der Waals surface area (Å²) < 4.78 is 16.3. The second-order valence-electron chi connectivity index (χ2n) is 5.33. The highest BCUT2D eigenvalue weighted by Gasteiger charge is 2.30. The van der Waals surface area contributed by atoms with Crippen molar-refractivity contribution < 1.29 is 14.0 Å². The van der Waals surface area contributed by atoms with Crippen molar-refractivity contribution in [3.8, 4) is 0 Å². The molecule has 1 aliphatic rings. The predicted molar refractivity (Wildman–Crippen MR) is 74.4 cm³/mol. The number of nitrogens with one attached hydrogen (secondary N) is 1. The summed E-state index contributed by atoms with van der Waals surface area (Å²) in [5.74, 6) is 1.82. The van der Waals surface area contributed by atoms with E-state index < -0.39 is 0 Å².